The molecule has 0 atom stereocenters. The monoisotopic (exact) mass is 341 g/mol. The van der Waals surface area contributed by atoms with Gasteiger partial charge in [-0.1, -0.05) is 17.7 Å². The summed E-state index contributed by atoms with van der Waals surface area (Å²) >= 11 is 0. The van der Waals surface area contributed by atoms with Crippen molar-refractivity contribution < 1.29 is 14.3 Å². The van der Waals surface area contributed by atoms with E-state index in [0.717, 1.165) is 24.3 Å². The summed E-state index contributed by atoms with van der Waals surface area (Å²) in [6, 6.07) is 7.87. The molecule has 0 saturated carbocycles. The van der Waals surface area contributed by atoms with E-state index < -0.39 is 0 Å². The average molecular weight is 341 g/mol. The first-order valence-corrected chi connectivity index (χ1v) is 8.49. The number of rotatable bonds is 5. The molecule has 132 valence electrons. The number of methoxy groups -OCH3 is 1. The fraction of sp³-hybridized carbons (Fsp3) is 0.421. The van der Waals surface area contributed by atoms with Crippen LogP contribution in [0.4, 0.5) is 0 Å². The van der Waals surface area contributed by atoms with E-state index >= 15 is 0 Å². The van der Waals surface area contributed by atoms with Gasteiger partial charge < -0.3 is 14.4 Å². The van der Waals surface area contributed by atoms with Crippen LogP contribution in [0.3, 0.4) is 0 Å². The van der Waals surface area contributed by atoms with Crippen molar-refractivity contribution in [1.29, 1.82) is 0 Å². The van der Waals surface area contributed by atoms with E-state index in [-0.39, 0.29) is 18.4 Å². The molecule has 1 aliphatic heterocycles. The number of benzene rings is 1. The van der Waals surface area contributed by atoms with E-state index in [0.29, 0.717) is 19.0 Å². The van der Waals surface area contributed by atoms with Crippen LogP contribution in [-0.4, -0.2) is 47.6 Å². The van der Waals surface area contributed by atoms with Gasteiger partial charge in [-0.15, -0.1) is 0 Å². The maximum absolute atomic E-state index is 11.9. The molecule has 1 aliphatic rings. The van der Waals surface area contributed by atoms with Crippen LogP contribution >= 0.6 is 0 Å². The molecule has 25 heavy (non-hydrogen) atoms. The Morgan fingerprint density at radius 2 is 1.84 bits per heavy atom. The third-order valence-electron chi connectivity index (χ3n) is 4.43. The second-order valence-electron chi connectivity index (χ2n) is 6.25. The Kier molecular flexibility index (Phi) is 5.60. The molecule has 0 unspecified atom stereocenters. The van der Waals surface area contributed by atoms with Gasteiger partial charge in [0.25, 0.3) is 0 Å². The van der Waals surface area contributed by atoms with E-state index in [1.54, 1.807) is 19.5 Å². The number of hydrogen-bond donors (Lipinski definition) is 0. The summed E-state index contributed by atoms with van der Waals surface area (Å²) in [6.07, 6.45) is 5.03. The van der Waals surface area contributed by atoms with Crippen LogP contribution in [-0.2, 0) is 9.53 Å². The molecule has 2 heterocycles. The van der Waals surface area contributed by atoms with E-state index in [4.69, 9.17) is 9.47 Å². The average Bonchev–Trinajstić information content (AvgIpc) is 2.64. The van der Waals surface area contributed by atoms with Crippen LogP contribution in [0.1, 0.15) is 30.0 Å². The summed E-state index contributed by atoms with van der Waals surface area (Å²) in [4.78, 5) is 22.6. The molecule has 1 aromatic heterocycles. The van der Waals surface area contributed by atoms with Crippen LogP contribution in [0.15, 0.2) is 36.7 Å². The second kappa shape index (κ2) is 8.07. The van der Waals surface area contributed by atoms with E-state index in [9.17, 15) is 4.79 Å². The summed E-state index contributed by atoms with van der Waals surface area (Å²) in [6.45, 7) is 3.58. The van der Waals surface area contributed by atoms with Crippen LogP contribution in [0.2, 0.25) is 0 Å². The number of amides is 1. The molecule has 1 fully saturated rings. The van der Waals surface area contributed by atoms with Gasteiger partial charge in [0.15, 0.2) is 0 Å². The summed E-state index contributed by atoms with van der Waals surface area (Å²) < 4.78 is 10.9. The van der Waals surface area contributed by atoms with Gasteiger partial charge in [0, 0.05) is 38.5 Å². The molecule has 0 aliphatic carbocycles. The molecule has 3 rings (SSSR count). The van der Waals surface area contributed by atoms with Gasteiger partial charge in [0.1, 0.15) is 18.1 Å². The first-order chi connectivity index (χ1) is 12.2. The van der Waals surface area contributed by atoms with E-state index in [1.165, 1.54) is 5.56 Å². The molecular weight excluding hydrogens is 318 g/mol. The van der Waals surface area contributed by atoms with Gasteiger partial charge in [-0.25, -0.2) is 4.98 Å². The molecule has 1 saturated heterocycles. The maximum atomic E-state index is 11.9. The lowest BCUT2D eigenvalue weighted by molar-refractivity contribution is -0.136. The largest absolute Gasteiger partial charge is 0.437 e. The number of piperidine rings is 1. The summed E-state index contributed by atoms with van der Waals surface area (Å²) in [5.41, 5.74) is 2.04. The zero-order chi connectivity index (χ0) is 17.6. The van der Waals surface area contributed by atoms with Crippen molar-refractivity contribution in [2.75, 3.05) is 26.8 Å². The number of likely N-dealkylation sites (tertiary alicyclic amines) is 1. The van der Waals surface area contributed by atoms with Gasteiger partial charge in [-0.05, 0) is 31.9 Å². The van der Waals surface area contributed by atoms with Crippen LogP contribution in [0, 0.1) is 6.92 Å². The van der Waals surface area contributed by atoms with Crippen molar-refractivity contribution in [3.8, 4) is 11.6 Å². The molecule has 1 amide bonds. The first kappa shape index (κ1) is 17.4. The number of nitrogens with zero attached hydrogens (tertiary/aromatic N) is 3. The quantitative estimate of drug-likeness (QED) is 0.837. The molecule has 0 bridgehead atoms. The zero-order valence-corrected chi connectivity index (χ0v) is 14.6. The van der Waals surface area contributed by atoms with Crippen molar-refractivity contribution in [1.82, 2.24) is 14.9 Å². The Balaban J connectivity index is 1.69. The normalized spacial score (nSPS) is 15.2. The highest BCUT2D eigenvalue weighted by Gasteiger charge is 2.27. The van der Waals surface area contributed by atoms with Crippen molar-refractivity contribution in [3.05, 3.63) is 47.9 Å². The third-order valence-corrected chi connectivity index (χ3v) is 4.43. The number of carbonyl (C=O) groups excluding carboxylic acids is 1. The minimum atomic E-state index is 0.0382. The predicted octanol–water partition coefficient (Wildman–Crippen LogP) is 2.93. The maximum Gasteiger partial charge on any atom is 0.248 e. The second-order valence-corrected chi connectivity index (χ2v) is 6.25. The standard InChI is InChI=1S/C19H23N3O3/c1-14-3-5-16(6-4-14)25-19-18(20-9-10-21-19)15-7-11-22(12-8-15)17(23)13-24-2/h3-6,9-10,15H,7-8,11-13H2,1-2H3. The molecule has 0 N–H and O–H groups in total. The van der Waals surface area contributed by atoms with Gasteiger partial charge >= 0.3 is 0 Å². The Morgan fingerprint density at radius 3 is 2.52 bits per heavy atom. The van der Waals surface area contributed by atoms with Crippen molar-refractivity contribution in [2.45, 2.75) is 25.7 Å². The topological polar surface area (TPSA) is 64.5 Å². The molecule has 2 aromatic rings. The van der Waals surface area contributed by atoms with Crippen LogP contribution in [0.5, 0.6) is 11.6 Å². The fourth-order valence-corrected chi connectivity index (χ4v) is 3.03. The molecule has 0 spiro atoms. The molecule has 0 radical (unpaired) electrons. The summed E-state index contributed by atoms with van der Waals surface area (Å²) in [5.74, 6) is 1.57. The van der Waals surface area contributed by atoms with E-state index in [2.05, 4.69) is 9.97 Å². The lowest BCUT2D eigenvalue weighted by atomic mass is 9.93. The predicted molar refractivity (Wildman–Crippen MR) is 93.7 cm³/mol. The SMILES string of the molecule is COCC(=O)N1CCC(c2nccnc2Oc2ccc(C)cc2)CC1. The number of aryl methyl sites for hydroxylation is 1. The Hall–Kier alpha value is -2.47. The smallest absolute Gasteiger partial charge is 0.248 e. The van der Waals surface area contributed by atoms with Gasteiger partial charge in [0.05, 0.1) is 0 Å². The van der Waals surface area contributed by atoms with Gasteiger partial charge in [-0.3, -0.25) is 9.78 Å². The third kappa shape index (κ3) is 4.33. The molecule has 6 nitrogen and oxygen atoms in total. The first-order valence-electron chi connectivity index (χ1n) is 8.49. The summed E-state index contributed by atoms with van der Waals surface area (Å²) in [7, 11) is 1.54. The zero-order valence-electron chi connectivity index (χ0n) is 14.6. The lowest BCUT2D eigenvalue weighted by Crippen LogP contribution is -2.39. The minimum absolute atomic E-state index is 0.0382. The Labute approximate surface area is 147 Å². The fourth-order valence-electron chi connectivity index (χ4n) is 3.03. The van der Waals surface area contributed by atoms with Crippen LogP contribution < -0.4 is 4.74 Å². The van der Waals surface area contributed by atoms with Crippen molar-refractivity contribution in [2.24, 2.45) is 0 Å². The van der Waals surface area contributed by atoms with E-state index in [1.807, 2.05) is 36.1 Å². The number of ether oxygens (including phenoxy) is 2. The highest BCUT2D eigenvalue weighted by atomic mass is 16.5. The Bertz CT molecular complexity index is 710. The van der Waals surface area contributed by atoms with Crippen molar-refractivity contribution in [3.63, 3.8) is 0 Å². The number of carbonyl (C=O) groups is 1. The highest BCUT2D eigenvalue weighted by Crippen LogP contribution is 2.33. The lowest BCUT2D eigenvalue weighted by Gasteiger charge is -2.31. The minimum Gasteiger partial charge on any atom is -0.437 e. The van der Waals surface area contributed by atoms with Crippen molar-refractivity contribution >= 4 is 5.91 Å². The highest BCUT2D eigenvalue weighted by molar-refractivity contribution is 5.77. The van der Waals surface area contributed by atoms with Gasteiger partial charge in [-0.2, -0.15) is 0 Å². The molecule has 6 heteroatoms. The molecule has 1 aromatic carbocycles. The number of hydrogen-bond acceptors (Lipinski definition) is 5. The summed E-state index contributed by atoms with van der Waals surface area (Å²) in [5, 5.41) is 0. The van der Waals surface area contributed by atoms with Crippen LogP contribution in [0.25, 0.3) is 0 Å². The van der Waals surface area contributed by atoms with Gasteiger partial charge in [0.2, 0.25) is 11.8 Å². The molecular formula is C19H23N3O3. The number of aromatic nitrogens is 2. The Morgan fingerprint density at radius 1 is 1.16 bits per heavy atom.